The fraction of sp³-hybridized carbons (Fsp3) is 0.208. The monoisotopic (exact) mass is 553 g/mol. The van der Waals surface area contributed by atoms with Crippen LogP contribution in [0, 0.1) is 5.82 Å². The molecule has 2 aromatic heterocycles. The largest absolute Gasteiger partial charge is 0.368 e. The van der Waals surface area contributed by atoms with Crippen molar-refractivity contribution in [3.05, 3.63) is 88.7 Å². The summed E-state index contributed by atoms with van der Waals surface area (Å²) < 4.78 is 15.9. The van der Waals surface area contributed by atoms with E-state index in [0.29, 0.717) is 48.5 Å². The zero-order valence-electron chi connectivity index (χ0n) is 18.6. The third-order valence-electron chi connectivity index (χ3n) is 5.68. The molecule has 1 aliphatic rings. The van der Waals surface area contributed by atoms with Crippen LogP contribution in [0.15, 0.2) is 76.6 Å². The summed E-state index contributed by atoms with van der Waals surface area (Å²) in [6.45, 7) is 2.38. The van der Waals surface area contributed by atoms with E-state index >= 15 is 0 Å². The van der Waals surface area contributed by atoms with E-state index in [0.717, 1.165) is 15.8 Å². The normalized spacial score (nSPS) is 13.8. The minimum absolute atomic E-state index is 0.156. The van der Waals surface area contributed by atoms with Crippen LogP contribution in [0.1, 0.15) is 16.2 Å². The van der Waals surface area contributed by atoms with Gasteiger partial charge in [0.15, 0.2) is 10.9 Å². The maximum absolute atomic E-state index is 13.5. The van der Waals surface area contributed by atoms with Crippen LogP contribution in [0.3, 0.4) is 0 Å². The first kappa shape index (κ1) is 23.4. The Bertz CT molecular complexity index is 1290. The fourth-order valence-corrected chi connectivity index (χ4v) is 4.91. The van der Waals surface area contributed by atoms with E-state index in [1.54, 1.807) is 40.2 Å². The Morgan fingerprint density at radius 3 is 2.29 bits per heavy atom. The third kappa shape index (κ3) is 5.35. The Balaban J connectivity index is 1.36. The second-order valence-corrected chi connectivity index (χ2v) is 9.71. The molecule has 8 nitrogen and oxygen atoms in total. The highest BCUT2D eigenvalue weighted by molar-refractivity contribution is 9.10. The van der Waals surface area contributed by atoms with E-state index in [-0.39, 0.29) is 11.7 Å². The summed E-state index contributed by atoms with van der Waals surface area (Å²) in [6.07, 6.45) is 3.37. The second-order valence-electron chi connectivity index (χ2n) is 7.85. The molecule has 178 valence electrons. The molecule has 1 aliphatic heterocycles. The van der Waals surface area contributed by atoms with Gasteiger partial charge in [-0.3, -0.25) is 4.79 Å². The van der Waals surface area contributed by atoms with Crippen LogP contribution in [0.2, 0.25) is 0 Å². The molecule has 0 spiro atoms. The number of halogens is 2. The lowest BCUT2D eigenvalue weighted by Gasteiger charge is -2.35. The molecule has 3 heterocycles. The molecule has 0 saturated carbocycles. The number of thioether (sulfide) groups is 1. The number of hydrogen-bond donors (Lipinski definition) is 0. The number of rotatable bonds is 6. The quantitative estimate of drug-likeness (QED) is 0.261. The highest BCUT2D eigenvalue weighted by Gasteiger charge is 2.28. The molecule has 0 N–H and O–H groups in total. The van der Waals surface area contributed by atoms with Gasteiger partial charge in [0.05, 0.1) is 11.4 Å². The van der Waals surface area contributed by atoms with Gasteiger partial charge in [-0.25, -0.2) is 19.0 Å². The Morgan fingerprint density at radius 1 is 0.943 bits per heavy atom. The molecule has 5 rings (SSSR count). The van der Waals surface area contributed by atoms with E-state index in [1.807, 2.05) is 24.3 Å². The van der Waals surface area contributed by atoms with E-state index in [4.69, 9.17) is 0 Å². The summed E-state index contributed by atoms with van der Waals surface area (Å²) in [7, 11) is 0. The molecular formula is C24H21BrFN7OS. The minimum Gasteiger partial charge on any atom is -0.368 e. The maximum Gasteiger partial charge on any atom is 0.276 e. The molecule has 4 aromatic rings. The van der Waals surface area contributed by atoms with Crippen molar-refractivity contribution in [2.24, 2.45) is 0 Å². The van der Waals surface area contributed by atoms with Crippen molar-refractivity contribution in [1.29, 1.82) is 0 Å². The summed E-state index contributed by atoms with van der Waals surface area (Å²) in [5, 5.41) is 9.22. The molecule has 1 fully saturated rings. The van der Waals surface area contributed by atoms with E-state index < -0.39 is 0 Å². The third-order valence-corrected chi connectivity index (χ3v) is 7.09. The van der Waals surface area contributed by atoms with Crippen LogP contribution in [-0.2, 0) is 5.75 Å². The van der Waals surface area contributed by atoms with E-state index in [1.165, 1.54) is 23.9 Å². The number of aromatic nitrogens is 5. The predicted molar refractivity (Wildman–Crippen MR) is 135 cm³/mol. The number of amides is 1. The summed E-state index contributed by atoms with van der Waals surface area (Å²) in [5.41, 5.74) is 2.77. The van der Waals surface area contributed by atoms with Crippen LogP contribution >= 0.6 is 27.7 Å². The lowest BCUT2D eigenvalue weighted by atomic mass is 10.2. The van der Waals surface area contributed by atoms with Crippen molar-refractivity contribution in [2.75, 3.05) is 31.1 Å². The number of benzene rings is 2. The van der Waals surface area contributed by atoms with Crippen molar-refractivity contribution in [3.8, 4) is 5.69 Å². The summed E-state index contributed by atoms with van der Waals surface area (Å²) in [6, 6.07) is 15.9. The molecular weight excluding hydrogens is 533 g/mol. The molecule has 11 heteroatoms. The van der Waals surface area contributed by atoms with Gasteiger partial charge in [-0.1, -0.05) is 32.9 Å². The van der Waals surface area contributed by atoms with Crippen molar-refractivity contribution in [1.82, 2.24) is 29.9 Å². The van der Waals surface area contributed by atoms with E-state index in [9.17, 15) is 9.18 Å². The molecule has 35 heavy (non-hydrogen) atoms. The Hall–Kier alpha value is -3.31. The van der Waals surface area contributed by atoms with Gasteiger partial charge in [0.1, 0.15) is 5.82 Å². The first-order chi connectivity index (χ1) is 17.1. The van der Waals surface area contributed by atoms with Gasteiger partial charge >= 0.3 is 0 Å². The maximum atomic E-state index is 13.5. The molecule has 0 radical (unpaired) electrons. The topological polar surface area (TPSA) is 80.0 Å². The lowest BCUT2D eigenvalue weighted by molar-refractivity contribution is 0.0740. The van der Waals surface area contributed by atoms with Crippen molar-refractivity contribution in [3.63, 3.8) is 0 Å². The highest BCUT2D eigenvalue weighted by Crippen LogP contribution is 2.25. The average Bonchev–Trinajstić information content (AvgIpc) is 3.32. The zero-order chi connectivity index (χ0) is 24.2. The molecule has 0 unspecified atom stereocenters. The van der Waals surface area contributed by atoms with Crippen molar-refractivity contribution in [2.45, 2.75) is 10.9 Å². The van der Waals surface area contributed by atoms with Gasteiger partial charge in [0.2, 0.25) is 0 Å². The lowest BCUT2D eigenvalue weighted by Crippen LogP contribution is -2.49. The molecule has 0 bridgehead atoms. The van der Waals surface area contributed by atoms with E-state index in [2.05, 4.69) is 41.1 Å². The number of piperazine rings is 1. The zero-order valence-corrected chi connectivity index (χ0v) is 21.0. The second kappa shape index (κ2) is 10.5. The smallest absolute Gasteiger partial charge is 0.276 e. The van der Waals surface area contributed by atoms with Gasteiger partial charge in [-0.15, -0.1) is 5.10 Å². The first-order valence-corrected chi connectivity index (χ1v) is 12.8. The number of carbonyl (C=O) groups excluding carboxylic acids is 1. The summed E-state index contributed by atoms with van der Waals surface area (Å²) in [5.74, 6) is 0.0170. The summed E-state index contributed by atoms with van der Waals surface area (Å²) in [4.78, 5) is 26.0. The van der Waals surface area contributed by atoms with Crippen LogP contribution in [-0.4, -0.2) is 61.9 Å². The van der Waals surface area contributed by atoms with Gasteiger partial charge in [0, 0.05) is 54.5 Å². The van der Waals surface area contributed by atoms with Crippen LogP contribution in [0.25, 0.3) is 5.69 Å². The van der Waals surface area contributed by atoms with Crippen LogP contribution < -0.4 is 4.90 Å². The SMILES string of the molecule is O=C(c1nnn(-c2ccc(Br)cc2)c1CSc1ncccn1)N1CCN(c2ccc(F)cc2)CC1. The number of nitrogens with zero attached hydrogens (tertiary/aromatic N) is 7. The fourth-order valence-electron chi connectivity index (χ4n) is 3.85. The Labute approximate surface area is 214 Å². The predicted octanol–water partition coefficient (Wildman–Crippen LogP) is 4.21. The minimum atomic E-state index is -0.261. The summed E-state index contributed by atoms with van der Waals surface area (Å²) >= 11 is 4.88. The Kier molecular flexibility index (Phi) is 7.05. The van der Waals surface area contributed by atoms with Crippen molar-refractivity contribution >= 4 is 39.3 Å². The van der Waals surface area contributed by atoms with Gasteiger partial charge in [0.25, 0.3) is 5.91 Å². The van der Waals surface area contributed by atoms with Crippen LogP contribution in [0.4, 0.5) is 10.1 Å². The molecule has 0 aliphatic carbocycles. The molecule has 1 saturated heterocycles. The molecule has 0 atom stereocenters. The standard InChI is InChI=1S/C24H21BrFN7OS/c25-17-2-6-20(7-3-17)33-21(16-35-24-27-10-1-11-28-24)22(29-30-33)23(34)32-14-12-31(13-15-32)19-8-4-18(26)5-9-19/h1-11H,12-16H2. The highest BCUT2D eigenvalue weighted by atomic mass is 79.9. The molecule has 1 amide bonds. The first-order valence-electron chi connectivity index (χ1n) is 11.0. The number of carbonyl (C=O) groups is 1. The number of hydrogen-bond acceptors (Lipinski definition) is 7. The van der Waals surface area contributed by atoms with Gasteiger partial charge in [-0.2, -0.15) is 0 Å². The molecule has 2 aromatic carbocycles. The van der Waals surface area contributed by atoms with Gasteiger partial charge in [-0.05, 0) is 54.6 Å². The van der Waals surface area contributed by atoms with Gasteiger partial charge < -0.3 is 9.80 Å². The number of anilines is 1. The Morgan fingerprint density at radius 2 is 1.60 bits per heavy atom. The average molecular weight is 554 g/mol. The van der Waals surface area contributed by atoms with Crippen molar-refractivity contribution < 1.29 is 9.18 Å². The van der Waals surface area contributed by atoms with Crippen LogP contribution in [0.5, 0.6) is 0 Å².